The topological polar surface area (TPSA) is 81.1 Å². The summed E-state index contributed by atoms with van der Waals surface area (Å²) in [5.74, 6) is -0.175. The number of hydrogen-bond donors (Lipinski definition) is 2. The molecule has 0 spiro atoms. The molecule has 130 valence electrons. The third-order valence-corrected chi connectivity index (χ3v) is 4.90. The number of aliphatic hydroxyl groups excluding tert-OH is 1. The van der Waals surface area contributed by atoms with Crippen molar-refractivity contribution in [2.24, 2.45) is 0 Å². The van der Waals surface area contributed by atoms with Crippen LogP contribution >= 0.6 is 0 Å². The fourth-order valence-electron chi connectivity index (χ4n) is 3.80. The Morgan fingerprint density at radius 1 is 1.29 bits per heavy atom. The predicted octanol–water partition coefficient (Wildman–Crippen LogP) is 2.55. The molecule has 0 aromatic heterocycles. The molecular weight excluding hydrogens is 308 g/mol. The van der Waals surface area contributed by atoms with E-state index in [4.69, 9.17) is 0 Å². The van der Waals surface area contributed by atoms with E-state index in [9.17, 15) is 19.8 Å². The zero-order chi connectivity index (χ0) is 17.6. The summed E-state index contributed by atoms with van der Waals surface area (Å²) in [6.45, 7) is 5.90. The Kier molecular flexibility index (Phi) is 4.03. The number of aliphatic hydroxyl groups is 1. The van der Waals surface area contributed by atoms with E-state index in [0.717, 1.165) is 23.2 Å². The van der Waals surface area contributed by atoms with Crippen LogP contribution in [0.25, 0.3) is 0 Å². The van der Waals surface area contributed by atoms with E-state index < -0.39 is 23.8 Å². The summed E-state index contributed by atoms with van der Waals surface area (Å²) in [7, 11) is 0. The van der Waals surface area contributed by atoms with Crippen molar-refractivity contribution in [1.29, 1.82) is 0 Å². The molecule has 2 amide bonds. The van der Waals surface area contributed by atoms with E-state index in [2.05, 4.69) is 0 Å². The quantitative estimate of drug-likeness (QED) is 0.872. The first-order valence-electron chi connectivity index (χ1n) is 8.34. The van der Waals surface area contributed by atoms with Crippen molar-refractivity contribution < 1.29 is 19.8 Å². The average Bonchev–Trinajstić information content (AvgIpc) is 3.02. The molecular formula is C18H24N2O4. The number of carbonyl (C=O) groups is 2. The van der Waals surface area contributed by atoms with Gasteiger partial charge in [-0.3, -0.25) is 9.69 Å². The van der Waals surface area contributed by atoms with Gasteiger partial charge in [0.1, 0.15) is 6.04 Å². The fourth-order valence-corrected chi connectivity index (χ4v) is 3.80. The molecule has 24 heavy (non-hydrogen) atoms. The molecule has 1 aliphatic heterocycles. The number of amides is 2. The fraction of sp³-hybridized carbons (Fsp3) is 0.556. The lowest BCUT2D eigenvalue weighted by atomic mass is 10.0. The Bertz CT molecular complexity index is 680. The number of nitrogens with zero attached hydrogens (tertiary/aromatic N) is 2. The minimum atomic E-state index is -1.07. The van der Waals surface area contributed by atoms with Gasteiger partial charge in [-0.05, 0) is 63.3 Å². The standard InChI is InChI=1S/C18H24N2O4/c1-18(2,3)20(17(23)24)14-8-9-19(16(14)22)12-5-6-13-11(10-12)4-7-15(13)21/h5-6,10,14-15,21H,4,7-9H2,1-3H3,(H,23,24)/t14-,15?/m0/s1. The minimum absolute atomic E-state index is 0.175. The highest BCUT2D eigenvalue weighted by Crippen LogP contribution is 2.35. The molecule has 1 aromatic rings. The van der Waals surface area contributed by atoms with Crippen molar-refractivity contribution >= 4 is 17.7 Å². The Labute approximate surface area is 141 Å². The van der Waals surface area contributed by atoms with Gasteiger partial charge in [-0.1, -0.05) is 6.07 Å². The number of anilines is 1. The lowest BCUT2D eigenvalue weighted by Crippen LogP contribution is -2.54. The number of benzene rings is 1. The van der Waals surface area contributed by atoms with Gasteiger partial charge in [-0.2, -0.15) is 0 Å². The van der Waals surface area contributed by atoms with Crippen LogP contribution in [0.15, 0.2) is 18.2 Å². The van der Waals surface area contributed by atoms with Crippen LogP contribution in [0.1, 0.15) is 50.8 Å². The smallest absolute Gasteiger partial charge is 0.408 e. The van der Waals surface area contributed by atoms with Crippen LogP contribution in [0, 0.1) is 0 Å². The van der Waals surface area contributed by atoms with Crippen LogP contribution < -0.4 is 4.90 Å². The van der Waals surface area contributed by atoms with Crippen molar-refractivity contribution in [3.05, 3.63) is 29.3 Å². The molecule has 1 unspecified atom stereocenters. The summed E-state index contributed by atoms with van der Waals surface area (Å²) in [4.78, 5) is 27.4. The number of fused-ring (bicyclic) bond motifs is 1. The van der Waals surface area contributed by atoms with E-state index in [-0.39, 0.29) is 5.91 Å². The van der Waals surface area contributed by atoms with Crippen molar-refractivity contribution in [3.63, 3.8) is 0 Å². The van der Waals surface area contributed by atoms with E-state index in [1.165, 1.54) is 4.90 Å². The average molecular weight is 332 g/mol. The summed E-state index contributed by atoms with van der Waals surface area (Å²) in [5.41, 5.74) is 2.16. The monoisotopic (exact) mass is 332 g/mol. The van der Waals surface area contributed by atoms with Crippen LogP contribution in [0.2, 0.25) is 0 Å². The molecule has 6 nitrogen and oxygen atoms in total. The second-order valence-corrected chi connectivity index (χ2v) is 7.56. The maximum atomic E-state index is 12.8. The highest BCUT2D eigenvalue weighted by molar-refractivity contribution is 6.01. The van der Waals surface area contributed by atoms with Crippen LogP contribution in [0.4, 0.5) is 10.5 Å². The van der Waals surface area contributed by atoms with Gasteiger partial charge < -0.3 is 15.1 Å². The van der Waals surface area contributed by atoms with Crippen LogP contribution in [-0.2, 0) is 11.2 Å². The van der Waals surface area contributed by atoms with E-state index in [0.29, 0.717) is 19.4 Å². The minimum Gasteiger partial charge on any atom is -0.465 e. The molecule has 2 atom stereocenters. The molecule has 1 saturated heterocycles. The highest BCUT2D eigenvalue weighted by atomic mass is 16.4. The number of carbonyl (C=O) groups excluding carboxylic acids is 1. The van der Waals surface area contributed by atoms with Crippen LogP contribution in [0.3, 0.4) is 0 Å². The molecule has 1 heterocycles. The van der Waals surface area contributed by atoms with E-state index in [1.54, 1.807) is 25.7 Å². The molecule has 1 aliphatic carbocycles. The second kappa shape index (κ2) is 5.77. The van der Waals surface area contributed by atoms with Gasteiger partial charge >= 0.3 is 6.09 Å². The molecule has 1 aromatic carbocycles. The van der Waals surface area contributed by atoms with Crippen molar-refractivity contribution in [1.82, 2.24) is 4.90 Å². The third-order valence-electron chi connectivity index (χ3n) is 4.90. The maximum Gasteiger partial charge on any atom is 0.408 e. The van der Waals surface area contributed by atoms with Crippen molar-refractivity contribution in [2.45, 2.75) is 57.7 Å². The number of aryl methyl sites for hydroxylation is 1. The van der Waals surface area contributed by atoms with Gasteiger partial charge in [0, 0.05) is 17.8 Å². The van der Waals surface area contributed by atoms with Crippen molar-refractivity contribution in [2.75, 3.05) is 11.4 Å². The lowest BCUT2D eigenvalue weighted by molar-refractivity contribution is -0.122. The number of rotatable bonds is 2. The second-order valence-electron chi connectivity index (χ2n) is 7.56. The van der Waals surface area contributed by atoms with Gasteiger partial charge in [0.25, 0.3) is 0 Å². The SMILES string of the molecule is CC(C)(C)N(C(=O)O)[C@H]1CCN(c2ccc3c(c2)CCC3O)C1=O. The number of carboxylic acid groups (broad SMARTS) is 1. The summed E-state index contributed by atoms with van der Waals surface area (Å²) in [6, 6.07) is 5.02. The Balaban J connectivity index is 1.85. The first-order chi connectivity index (χ1) is 11.2. The largest absolute Gasteiger partial charge is 0.465 e. The van der Waals surface area contributed by atoms with Crippen LogP contribution in [-0.4, -0.2) is 45.2 Å². The Hall–Kier alpha value is -2.08. The first kappa shape index (κ1) is 16.8. The third kappa shape index (κ3) is 2.75. The number of hydrogen-bond acceptors (Lipinski definition) is 3. The van der Waals surface area contributed by atoms with Crippen molar-refractivity contribution in [3.8, 4) is 0 Å². The van der Waals surface area contributed by atoms with Gasteiger partial charge in [-0.15, -0.1) is 0 Å². The molecule has 3 rings (SSSR count). The molecule has 0 radical (unpaired) electrons. The molecule has 2 N–H and O–H groups in total. The first-order valence-corrected chi connectivity index (χ1v) is 8.34. The summed E-state index contributed by atoms with van der Waals surface area (Å²) < 4.78 is 0. The molecule has 1 fully saturated rings. The molecule has 6 heteroatoms. The van der Waals surface area contributed by atoms with Gasteiger partial charge in [0.2, 0.25) is 5.91 Å². The normalized spacial score (nSPS) is 23.5. The zero-order valence-corrected chi connectivity index (χ0v) is 14.3. The summed E-state index contributed by atoms with van der Waals surface area (Å²) >= 11 is 0. The summed E-state index contributed by atoms with van der Waals surface area (Å²) in [6.07, 6.45) is 0.520. The van der Waals surface area contributed by atoms with Gasteiger partial charge in [-0.25, -0.2) is 4.79 Å². The lowest BCUT2D eigenvalue weighted by Gasteiger charge is -2.36. The zero-order valence-electron chi connectivity index (χ0n) is 14.3. The summed E-state index contributed by atoms with van der Waals surface area (Å²) in [5, 5.41) is 19.4. The predicted molar refractivity (Wildman–Crippen MR) is 90.1 cm³/mol. The maximum absolute atomic E-state index is 12.8. The highest BCUT2D eigenvalue weighted by Gasteiger charge is 2.43. The molecule has 2 aliphatic rings. The Morgan fingerprint density at radius 2 is 2.00 bits per heavy atom. The van der Waals surface area contributed by atoms with Gasteiger partial charge in [0.05, 0.1) is 6.10 Å². The Morgan fingerprint density at radius 3 is 2.62 bits per heavy atom. The molecule has 0 bridgehead atoms. The van der Waals surface area contributed by atoms with Crippen LogP contribution in [0.5, 0.6) is 0 Å². The van der Waals surface area contributed by atoms with E-state index >= 15 is 0 Å². The molecule has 0 saturated carbocycles. The van der Waals surface area contributed by atoms with E-state index in [1.807, 2.05) is 18.2 Å². The van der Waals surface area contributed by atoms with Gasteiger partial charge in [0.15, 0.2) is 0 Å².